The van der Waals surface area contributed by atoms with Crippen LogP contribution < -0.4 is 5.32 Å². The Morgan fingerprint density at radius 1 is 0.947 bits per heavy atom. The zero-order chi connectivity index (χ0) is 27.1. The summed E-state index contributed by atoms with van der Waals surface area (Å²) in [5.74, 6) is -0.0158. The smallest absolute Gasteiger partial charge is 0.251 e. The van der Waals surface area contributed by atoms with Crippen LogP contribution in [-0.2, 0) is 14.9 Å². The predicted molar refractivity (Wildman–Crippen MR) is 151 cm³/mol. The van der Waals surface area contributed by atoms with E-state index in [0.29, 0.717) is 18.5 Å². The molecule has 1 aliphatic rings. The number of carbonyl (C=O) groups is 2. The molecular formula is C32H39N3O3. The summed E-state index contributed by atoms with van der Waals surface area (Å²) >= 11 is 0. The monoisotopic (exact) mass is 513 g/mol. The summed E-state index contributed by atoms with van der Waals surface area (Å²) < 4.78 is 5.87. The lowest BCUT2D eigenvalue weighted by molar-refractivity contribution is -0.134. The summed E-state index contributed by atoms with van der Waals surface area (Å²) in [7, 11) is 5.36. The topological polar surface area (TPSA) is 61.9 Å². The van der Waals surface area contributed by atoms with Crippen LogP contribution in [0.2, 0.25) is 0 Å². The molecule has 2 amide bonds. The maximum absolute atomic E-state index is 14.0. The van der Waals surface area contributed by atoms with E-state index in [1.54, 1.807) is 12.0 Å². The number of rotatable bonds is 9. The highest BCUT2D eigenvalue weighted by Gasteiger charge is 2.45. The molecule has 0 aromatic heterocycles. The Kier molecular flexibility index (Phi) is 8.97. The van der Waals surface area contributed by atoms with Gasteiger partial charge in [0.15, 0.2) is 0 Å². The van der Waals surface area contributed by atoms with E-state index in [0.717, 1.165) is 24.1 Å². The Labute approximate surface area is 226 Å². The van der Waals surface area contributed by atoms with Crippen LogP contribution in [-0.4, -0.2) is 74.1 Å². The van der Waals surface area contributed by atoms with Crippen LogP contribution in [0, 0.1) is 0 Å². The standard InChI is InChI=1S/C32H39N3O3/c1-24(35-21-20-28(29(23-35)38-4)33-30(36)25-14-8-5-9-15-25)22-32(31(37)34(2)3,26-16-10-6-11-17-26)27-18-12-7-13-19-27/h5-19,24,28-29H,20-23H2,1-4H3,(H,33,36)/t24?,28-,29-/m0/s1. The quantitative estimate of drug-likeness (QED) is 0.462. The van der Waals surface area contributed by atoms with E-state index in [4.69, 9.17) is 4.74 Å². The Balaban J connectivity index is 1.58. The number of ether oxygens (including phenoxy) is 1. The predicted octanol–water partition coefficient (Wildman–Crippen LogP) is 4.36. The number of carbonyl (C=O) groups excluding carboxylic acids is 2. The Hall–Kier alpha value is -3.48. The molecule has 0 radical (unpaired) electrons. The van der Waals surface area contributed by atoms with Crippen molar-refractivity contribution in [3.63, 3.8) is 0 Å². The van der Waals surface area contributed by atoms with Crippen molar-refractivity contribution in [3.05, 3.63) is 108 Å². The van der Waals surface area contributed by atoms with Gasteiger partial charge in [-0.1, -0.05) is 78.9 Å². The van der Waals surface area contributed by atoms with Gasteiger partial charge in [0, 0.05) is 45.9 Å². The lowest BCUT2D eigenvalue weighted by Gasteiger charge is -2.44. The van der Waals surface area contributed by atoms with Gasteiger partial charge in [-0.3, -0.25) is 14.5 Å². The normalized spacial score (nSPS) is 18.9. The average Bonchev–Trinajstić information content (AvgIpc) is 2.97. The van der Waals surface area contributed by atoms with Crippen molar-refractivity contribution in [2.24, 2.45) is 0 Å². The molecular weight excluding hydrogens is 474 g/mol. The van der Waals surface area contributed by atoms with Gasteiger partial charge in [0.1, 0.15) is 5.41 Å². The molecule has 1 heterocycles. The fraction of sp³-hybridized carbons (Fsp3) is 0.375. The first kappa shape index (κ1) is 27.6. The van der Waals surface area contributed by atoms with Gasteiger partial charge < -0.3 is 15.0 Å². The van der Waals surface area contributed by atoms with Crippen LogP contribution in [0.1, 0.15) is 41.3 Å². The zero-order valence-corrected chi connectivity index (χ0v) is 22.8. The largest absolute Gasteiger partial charge is 0.378 e. The van der Waals surface area contributed by atoms with Crippen molar-refractivity contribution in [2.75, 3.05) is 34.3 Å². The van der Waals surface area contributed by atoms with Gasteiger partial charge in [-0.2, -0.15) is 0 Å². The van der Waals surface area contributed by atoms with Crippen LogP contribution >= 0.6 is 0 Å². The van der Waals surface area contributed by atoms with Crippen LogP contribution in [0.25, 0.3) is 0 Å². The third kappa shape index (κ3) is 5.82. The minimum Gasteiger partial charge on any atom is -0.378 e. The van der Waals surface area contributed by atoms with Crippen molar-refractivity contribution in [2.45, 2.75) is 43.4 Å². The maximum atomic E-state index is 14.0. The molecule has 0 bridgehead atoms. The van der Waals surface area contributed by atoms with Crippen molar-refractivity contribution >= 4 is 11.8 Å². The summed E-state index contributed by atoms with van der Waals surface area (Å²) in [6, 6.07) is 29.5. The molecule has 1 aliphatic heterocycles. The van der Waals surface area contributed by atoms with Crippen LogP contribution in [0.4, 0.5) is 0 Å². The number of likely N-dealkylation sites (tertiary alicyclic amines) is 1. The first-order valence-electron chi connectivity index (χ1n) is 13.3. The molecule has 0 saturated carbocycles. The lowest BCUT2D eigenvalue weighted by Crippen LogP contribution is -2.58. The van der Waals surface area contributed by atoms with Gasteiger partial charge in [-0.25, -0.2) is 0 Å². The number of piperidine rings is 1. The number of likely N-dealkylation sites (N-methyl/N-ethyl adjacent to an activating group) is 1. The summed E-state index contributed by atoms with van der Waals surface area (Å²) in [6.07, 6.45) is 1.24. The molecule has 0 aliphatic carbocycles. The second-order valence-electron chi connectivity index (χ2n) is 10.4. The van der Waals surface area contributed by atoms with Crippen molar-refractivity contribution < 1.29 is 14.3 Å². The van der Waals surface area contributed by atoms with E-state index < -0.39 is 5.41 Å². The SMILES string of the molecule is CO[C@H]1CN(C(C)CC(C(=O)N(C)C)(c2ccccc2)c2ccccc2)CC[C@@H]1NC(=O)c1ccccc1. The van der Waals surface area contributed by atoms with Crippen LogP contribution in [0.3, 0.4) is 0 Å². The fourth-order valence-corrected chi connectivity index (χ4v) is 5.72. The van der Waals surface area contributed by atoms with Crippen molar-refractivity contribution in [1.29, 1.82) is 0 Å². The fourth-order valence-electron chi connectivity index (χ4n) is 5.72. The maximum Gasteiger partial charge on any atom is 0.251 e. The molecule has 1 unspecified atom stereocenters. The van der Waals surface area contributed by atoms with Crippen LogP contribution in [0.15, 0.2) is 91.0 Å². The van der Waals surface area contributed by atoms with Crippen molar-refractivity contribution in [3.8, 4) is 0 Å². The number of nitrogens with one attached hydrogen (secondary N) is 1. The molecule has 200 valence electrons. The minimum absolute atomic E-state index is 0.0649. The Morgan fingerprint density at radius 3 is 1.97 bits per heavy atom. The minimum atomic E-state index is -0.827. The van der Waals surface area contributed by atoms with E-state index in [2.05, 4.69) is 41.4 Å². The highest BCUT2D eigenvalue weighted by molar-refractivity contribution is 5.94. The molecule has 0 spiro atoms. The summed E-state index contributed by atoms with van der Waals surface area (Å²) in [4.78, 5) is 31.0. The second kappa shape index (κ2) is 12.4. The van der Waals surface area contributed by atoms with Crippen molar-refractivity contribution in [1.82, 2.24) is 15.1 Å². The summed E-state index contributed by atoms with van der Waals surface area (Å²) in [5, 5.41) is 3.18. The number of benzene rings is 3. The molecule has 38 heavy (non-hydrogen) atoms. The number of amides is 2. The van der Waals surface area contributed by atoms with E-state index in [-0.39, 0.29) is 30.0 Å². The van der Waals surface area contributed by atoms with E-state index in [1.807, 2.05) is 80.8 Å². The molecule has 1 saturated heterocycles. The first-order chi connectivity index (χ1) is 18.4. The second-order valence-corrected chi connectivity index (χ2v) is 10.4. The number of methoxy groups -OCH3 is 1. The van der Waals surface area contributed by atoms with Gasteiger partial charge in [0.05, 0.1) is 12.1 Å². The lowest BCUT2D eigenvalue weighted by atomic mass is 9.69. The average molecular weight is 514 g/mol. The third-order valence-electron chi connectivity index (χ3n) is 7.78. The number of hydrogen-bond donors (Lipinski definition) is 1. The Morgan fingerprint density at radius 2 is 1.47 bits per heavy atom. The van der Waals surface area contributed by atoms with Gasteiger partial charge in [-0.05, 0) is 43.0 Å². The molecule has 3 atom stereocenters. The van der Waals surface area contributed by atoms with Crippen LogP contribution in [0.5, 0.6) is 0 Å². The third-order valence-corrected chi connectivity index (χ3v) is 7.78. The molecule has 3 aromatic carbocycles. The highest BCUT2D eigenvalue weighted by Crippen LogP contribution is 2.40. The van der Waals surface area contributed by atoms with E-state index >= 15 is 0 Å². The molecule has 3 aromatic rings. The van der Waals surface area contributed by atoms with Gasteiger partial charge in [0.25, 0.3) is 5.91 Å². The zero-order valence-electron chi connectivity index (χ0n) is 22.8. The van der Waals surface area contributed by atoms with Gasteiger partial charge in [-0.15, -0.1) is 0 Å². The molecule has 6 heteroatoms. The molecule has 4 rings (SSSR count). The highest BCUT2D eigenvalue weighted by atomic mass is 16.5. The molecule has 1 fully saturated rings. The number of hydrogen-bond acceptors (Lipinski definition) is 4. The van der Waals surface area contributed by atoms with Gasteiger partial charge >= 0.3 is 0 Å². The number of nitrogens with zero attached hydrogens (tertiary/aromatic N) is 2. The van der Waals surface area contributed by atoms with Gasteiger partial charge in [0.2, 0.25) is 5.91 Å². The first-order valence-corrected chi connectivity index (χ1v) is 13.3. The molecule has 1 N–H and O–H groups in total. The molecule has 6 nitrogen and oxygen atoms in total. The van der Waals surface area contributed by atoms with E-state index in [9.17, 15) is 9.59 Å². The summed E-state index contributed by atoms with van der Waals surface area (Å²) in [6.45, 7) is 3.67. The summed E-state index contributed by atoms with van der Waals surface area (Å²) in [5.41, 5.74) is 1.80. The Bertz CT molecular complexity index is 1140. The van der Waals surface area contributed by atoms with E-state index in [1.165, 1.54) is 0 Å².